The predicted octanol–water partition coefficient (Wildman–Crippen LogP) is 18.5. The fraction of sp³-hybridized carbons (Fsp3) is 0.845. The zero-order valence-electron chi connectivity index (χ0n) is 42.8. The first-order chi connectivity index (χ1) is 31.5. The maximum atomic E-state index is 12.7. The van der Waals surface area contributed by atoms with Gasteiger partial charge >= 0.3 is 17.9 Å². The average Bonchev–Trinajstić information content (AvgIpc) is 3.29. The van der Waals surface area contributed by atoms with Crippen molar-refractivity contribution in [1.82, 2.24) is 0 Å². The minimum atomic E-state index is -0.765. The average molecular weight is 899 g/mol. The molecule has 0 fully saturated rings. The highest BCUT2D eigenvalue weighted by Gasteiger charge is 2.19. The van der Waals surface area contributed by atoms with Crippen LogP contribution in [0, 0.1) is 0 Å². The van der Waals surface area contributed by atoms with Crippen LogP contribution in [0.15, 0.2) is 36.5 Å². The molecule has 64 heavy (non-hydrogen) atoms. The van der Waals surface area contributed by atoms with Crippen LogP contribution in [0.3, 0.4) is 0 Å². The third-order valence-electron chi connectivity index (χ3n) is 12.4. The molecule has 0 spiro atoms. The molecule has 374 valence electrons. The molecule has 0 aliphatic rings. The standard InChI is InChI=1S/C58H106O6/c1-4-7-10-13-16-19-21-22-23-24-25-26-27-28-29-30-31-32-33-34-35-36-37-40-42-45-48-51-57(60)63-54-55(53-62-56(59)50-47-44-41-38-18-15-12-9-6-3)64-58(61)52-49-46-43-39-20-17-14-11-8-5-2/h21-22,24-25,27-28,55H,4-20,23,26,29-54H2,1-3H3/b22-21-,25-24-,28-27-. The zero-order chi connectivity index (χ0) is 46.5. The van der Waals surface area contributed by atoms with E-state index >= 15 is 0 Å². The number of hydrogen-bond donors (Lipinski definition) is 0. The van der Waals surface area contributed by atoms with Crippen LogP contribution in [0.5, 0.6) is 0 Å². The highest BCUT2D eigenvalue weighted by atomic mass is 16.6. The van der Waals surface area contributed by atoms with Crippen LogP contribution in [0.25, 0.3) is 0 Å². The van der Waals surface area contributed by atoms with Gasteiger partial charge < -0.3 is 14.2 Å². The van der Waals surface area contributed by atoms with E-state index in [-0.39, 0.29) is 31.1 Å². The number of allylic oxidation sites excluding steroid dienone is 6. The topological polar surface area (TPSA) is 78.9 Å². The lowest BCUT2D eigenvalue weighted by Crippen LogP contribution is -2.30. The molecule has 0 rings (SSSR count). The summed E-state index contributed by atoms with van der Waals surface area (Å²) in [6.07, 6.45) is 63.0. The second-order valence-corrected chi connectivity index (χ2v) is 18.9. The van der Waals surface area contributed by atoms with E-state index in [4.69, 9.17) is 14.2 Å². The van der Waals surface area contributed by atoms with Crippen LogP contribution in [0.4, 0.5) is 0 Å². The van der Waals surface area contributed by atoms with Gasteiger partial charge in [-0.15, -0.1) is 0 Å². The molecule has 0 heterocycles. The van der Waals surface area contributed by atoms with E-state index in [0.717, 1.165) is 70.6 Å². The van der Waals surface area contributed by atoms with Crippen LogP contribution >= 0.6 is 0 Å². The van der Waals surface area contributed by atoms with Crippen LogP contribution in [0.2, 0.25) is 0 Å². The first-order valence-electron chi connectivity index (χ1n) is 28.0. The molecule has 1 unspecified atom stereocenters. The number of rotatable bonds is 51. The third kappa shape index (κ3) is 50.6. The van der Waals surface area contributed by atoms with Gasteiger partial charge in [-0.1, -0.05) is 256 Å². The van der Waals surface area contributed by atoms with E-state index in [1.807, 2.05) is 0 Å². The van der Waals surface area contributed by atoms with Crippen molar-refractivity contribution in [3.05, 3.63) is 36.5 Å². The Kier molecular flexibility index (Phi) is 51.3. The van der Waals surface area contributed by atoms with Gasteiger partial charge in [-0.05, 0) is 57.8 Å². The SMILES string of the molecule is CCCCCCC/C=C\C/C=C\C/C=C\CCCCCCCCCCCCCCC(=O)OCC(COC(=O)CCCCCCCCCCC)OC(=O)CCCCCCCCCCCC. The van der Waals surface area contributed by atoms with E-state index < -0.39 is 6.10 Å². The summed E-state index contributed by atoms with van der Waals surface area (Å²) in [6, 6.07) is 0. The Morgan fingerprint density at radius 1 is 0.312 bits per heavy atom. The Morgan fingerprint density at radius 3 is 0.875 bits per heavy atom. The Labute approximate surface area is 397 Å². The van der Waals surface area contributed by atoms with Crippen molar-refractivity contribution in [2.75, 3.05) is 13.2 Å². The summed E-state index contributed by atoms with van der Waals surface area (Å²) in [7, 11) is 0. The first kappa shape index (κ1) is 61.6. The van der Waals surface area contributed by atoms with E-state index in [1.54, 1.807) is 0 Å². The van der Waals surface area contributed by atoms with E-state index in [9.17, 15) is 14.4 Å². The number of hydrogen-bond acceptors (Lipinski definition) is 6. The molecule has 0 N–H and O–H groups in total. The van der Waals surface area contributed by atoms with Gasteiger partial charge in [-0.25, -0.2) is 0 Å². The normalized spacial score (nSPS) is 12.2. The zero-order valence-corrected chi connectivity index (χ0v) is 42.8. The molecule has 0 radical (unpaired) electrons. The third-order valence-corrected chi connectivity index (χ3v) is 12.4. The summed E-state index contributed by atoms with van der Waals surface area (Å²) in [5.41, 5.74) is 0. The smallest absolute Gasteiger partial charge is 0.306 e. The molecular weight excluding hydrogens is 793 g/mol. The Morgan fingerprint density at radius 2 is 0.562 bits per heavy atom. The van der Waals surface area contributed by atoms with E-state index in [0.29, 0.717) is 19.3 Å². The van der Waals surface area contributed by atoms with Gasteiger partial charge in [0.05, 0.1) is 0 Å². The molecule has 0 aliphatic carbocycles. The fourth-order valence-corrected chi connectivity index (χ4v) is 8.16. The number of ether oxygens (including phenoxy) is 3. The molecule has 0 amide bonds. The molecule has 0 aromatic carbocycles. The van der Waals surface area contributed by atoms with Gasteiger partial charge in [-0.2, -0.15) is 0 Å². The second-order valence-electron chi connectivity index (χ2n) is 18.9. The highest BCUT2D eigenvalue weighted by Crippen LogP contribution is 2.16. The lowest BCUT2D eigenvalue weighted by atomic mass is 10.0. The van der Waals surface area contributed by atoms with Crippen molar-refractivity contribution in [3.8, 4) is 0 Å². The van der Waals surface area contributed by atoms with Crippen molar-refractivity contribution in [1.29, 1.82) is 0 Å². The largest absolute Gasteiger partial charge is 0.462 e. The van der Waals surface area contributed by atoms with Crippen LogP contribution < -0.4 is 0 Å². The number of carbonyl (C=O) groups is 3. The van der Waals surface area contributed by atoms with Crippen molar-refractivity contribution in [2.24, 2.45) is 0 Å². The number of unbranched alkanes of at least 4 members (excludes halogenated alkanes) is 34. The van der Waals surface area contributed by atoms with Crippen molar-refractivity contribution < 1.29 is 28.6 Å². The molecule has 0 aliphatic heterocycles. The maximum absolute atomic E-state index is 12.7. The monoisotopic (exact) mass is 899 g/mol. The summed E-state index contributed by atoms with van der Waals surface area (Å²) < 4.78 is 16.8. The lowest BCUT2D eigenvalue weighted by Gasteiger charge is -2.18. The lowest BCUT2D eigenvalue weighted by molar-refractivity contribution is -0.167. The fourth-order valence-electron chi connectivity index (χ4n) is 8.16. The molecule has 0 bridgehead atoms. The Hall–Kier alpha value is -2.37. The molecule has 6 heteroatoms. The Balaban J connectivity index is 4.09. The summed E-state index contributed by atoms with van der Waals surface area (Å²) in [6.45, 7) is 6.62. The van der Waals surface area contributed by atoms with Gasteiger partial charge in [0, 0.05) is 19.3 Å². The molecule has 0 aromatic heterocycles. The van der Waals surface area contributed by atoms with Crippen LogP contribution in [0.1, 0.15) is 297 Å². The summed E-state index contributed by atoms with van der Waals surface area (Å²) in [5.74, 6) is -0.862. The van der Waals surface area contributed by atoms with Gasteiger partial charge in [0.1, 0.15) is 13.2 Å². The Bertz CT molecular complexity index is 1080. The summed E-state index contributed by atoms with van der Waals surface area (Å²) in [5, 5.41) is 0. The molecular formula is C58H106O6. The predicted molar refractivity (Wildman–Crippen MR) is 275 cm³/mol. The summed E-state index contributed by atoms with van der Waals surface area (Å²) in [4.78, 5) is 37.8. The minimum absolute atomic E-state index is 0.0682. The molecule has 0 aromatic rings. The van der Waals surface area contributed by atoms with Crippen LogP contribution in [-0.4, -0.2) is 37.2 Å². The number of esters is 3. The van der Waals surface area contributed by atoms with Crippen molar-refractivity contribution in [2.45, 2.75) is 303 Å². The van der Waals surface area contributed by atoms with Crippen LogP contribution in [-0.2, 0) is 28.6 Å². The van der Waals surface area contributed by atoms with Crippen molar-refractivity contribution in [3.63, 3.8) is 0 Å². The molecule has 0 saturated carbocycles. The number of carbonyl (C=O) groups excluding carboxylic acids is 3. The molecule has 6 nitrogen and oxygen atoms in total. The van der Waals surface area contributed by atoms with Gasteiger partial charge in [0.2, 0.25) is 0 Å². The van der Waals surface area contributed by atoms with E-state index in [2.05, 4.69) is 57.2 Å². The molecule has 0 saturated heterocycles. The maximum Gasteiger partial charge on any atom is 0.306 e. The first-order valence-corrected chi connectivity index (χ1v) is 28.0. The van der Waals surface area contributed by atoms with Crippen molar-refractivity contribution >= 4 is 17.9 Å². The highest BCUT2D eigenvalue weighted by molar-refractivity contribution is 5.71. The minimum Gasteiger partial charge on any atom is -0.462 e. The van der Waals surface area contributed by atoms with Gasteiger partial charge in [0.15, 0.2) is 6.10 Å². The second kappa shape index (κ2) is 53.2. The van der Waals surface area contributed by atoms with Gasteiger partial charge in [0.25, 0.3) is 0 Å². The quantitative estimate of drug-likeness (QED) is 0.0262. The summed E-state index contributed by atoms with van der Waals surface area (Å²) >= 11 is 0. The van der Waals surface area contributed by atoms with E-state index in [1.165, 1.54) is 186 Å². The van der Waals surface area contributed by atoms with Gasteiger partial charge in [-0.3, -0.25) is 14.4 Å². The molecule has 1 atom stereocenters.